The smallest absolute Gasteiger partial charge is 0.267 e. The predicted octanol–water partition coefficient (Wildman–Crippen LogP) is 5.19. The zero-order chi connectivity index (χ0) is 20.8. The van der Waals surface area contributed by atoms with Crippen LogP contribution < -0.4 is 5.43 Å². The van der Waals surface area contributed by atoms with Crippen LogP contribution in [0.4, 0.5) is 0 Å². The Morgan fingerprint density at radius 1 is 1.07 bits per heavy atom. The quantitative estimate of drug-likeness (QED) is 0.256. The molecule has 0 spiro atoms. The van der Waals surface area contributed by atoms with Gasteiger partial charge in [-0.05, 0) is 50.6 Å². The maximum Gasteiger partial charge on any atom is 0.271 e. The fourth-order valence-electron chi connectivity index (χ4n) is 2.67. The van der Waals surface area contributed by atoms with E-state index in [2.05, 4.69) is 20.5 Å². The van der Waals surface area contributed by atoms with E-state index in [1.54, 1.807) is 36.9 Å². The molecule has 0 aliphatic heterocycles. The topological polar surface area (TPSA) is 67.2 Å². The number of thioether (sulfide) groups is 1. The van der Waals surface area contributed by atoms with Crippen LogP contribution in [0.25, 0.3) is 0 Å². The molecule has 148 valence electrons. The fraction of sp³-hybridized carbons (Fsp3) is 0.182. The second kappa shape index (κ2) is 9.67. The normalized spacial score (nSPS) is 11.4. The van der Waals surface area contributed by atoms with Crippen molar-refractivity contribution in [2.75, 3.05) is 0 Å². The van der Waals surface area contributed by atoms with Crippen molar-refractivity contribution >= 4 is 35.0 Å². The summed E-state index contributed by atoms with van der Waals surface area (Å²) >= 11 is 7.73. The van der Waals surface area contributed by atoms with Gasteiger partial charge in [-0.25, -0.2) is 15.4 Å². The summed E-state index contributed by atoms with van der Waals surface area (Å²) in [7, 11) is 0. The zero-order valence-electron chi connectivity index (χ0n) is 16.4. The molecule has 0 radical (unpaired) electrons. The predicted molar refractivity (Wildman–Crippen MR) is 119 cm³/mol. The molecule has 0 bridgehead atoms. The average molecular weight is 425 g/mol. The Balaban J connectivity index is 1.60. The van der Waals surface area contributed by atoms with Gasteiger partial charge in [-0.15, -0.1) is 0 Å². The van der Waals surface area contributed by atoms with Gasteiger partial charge in [-0.3, -0.25) is 4.79 Å². The van der Waals surface area contributed by atoms with E-state index in [9.17, 15) is 4.79 Å². The van der Waals surface area contributed by atoms with Crippen LogP contribution in [0.15, 0.2) is 64.9 Å². The molecule has 1 heterocycles. The number of hydrogen-bond acceptors (Lipinski definition) is 5. The molecule has 0 fully saturated rings. The summed E-state index contributed by atoms with van der Waals surface area (Å²) in [6, 6.07) is 16.8. The molecule has 0 atom stereocenters. The number of rotatable bonds is 6. The third-order valence-electron chi connectivity index (χ3n) is 4.13. The first kappa shape index (κ1) is 21.0. The molecule has 0 saturated carbocycles. The first-order valence-corrected chi connectivity index (χ1v) is 10.4. The second-order valence-electron chi connectivity index (χ2n) is 6.54. The first-order valence-electron chi connectivity index (χ1n) is 9.06. The molecule has 3 aromatic rings. The zero-order valence-corrected chi connectivity index (χ0v) is 18.0. The highest BCUT2D eigenvalue weighted by atomic mass is 35.5. The highest BCUT2D eigenvalue weighted by Gasteiger charge is 2.07. The Bertz CT molecular complexity index is 1030. The molecule has 0 unspecified atom stereocenters. The average Bonchev–Trinajstić information content (AvgIpc) is 2.70. The number of benzene rings is 2. The molecule has 2 aromatic carbocycles. The number of aryl methyl sites for hydroxylation is 2. The van der Waals surface area contributed by atoms with Crippen molar-refractivity contribution in [3.8, 4) is 0 Å². The van der Waals surface area contributed by atoms with E-state index in [0.717, 1.165) is 33.4 Å². The third kappa shape index (κ3) is 5.89. The molecular weight excluding hydrogens is 404 g/mol. The molecule has 1 amide bonds. The minimum atomic E-state index is -0.270. The van der Waals surface area contributed by atoms with E-state index >= 15 is 0 Å². The molecule has 1 N–H and O–H groups in total. The van der Waals surface area contributed by atoms with Gasteiger partial charge in [0.25, 0.3) is 5.91 Å². The van der Waals surface area contributed by atoms with E-state index in [1.165, 1.54) is 0 Å². The van der Waals surface area contributed by atoms with Gasteiger partial charge in [0, 0.05) is 33.3 Å². The van der Waals surface area contributed by atoms with Crippen LogP contribution in [-0.2, 0) is 5.75 Å². The summed E-state index contributed by atoms with van der Waals surface area (Å²) < 4.78 is 0. The van der Waals surface area contributed by atoms with Gasteiger partial charge in [0.15, 0.2) is 5.16 Å². The van der Waals surface area contributed by atoms with Gasteiger partial charge in [0.2, 0.25) is 0 Å². The maximum absolute atomic E-state index is 12.4. The van der Waals surface area contributed by atoms with Crippen LogP contribution in [0.3, 0.4) is 0 Å². The standard InChI is InChI=1S/C22H21ClN4OS/c1-14-12-15(2)25-22(24-14)29-13-17-8-10-18(11-9-17)21(28)27-26-16(3)19-6-4-5-7-20(19)23/h4-12H,13H2,1-3H3,(H,27,28)/b26-16+. The second-order valence-corrected chi connectivity index (χ2v) is 7.89. The van der Waals surface area contributed by atoms with Crippen LogP contribution in [0.1, 0.15) is 39.8 Å². The van der Waals surface area contributed by atoms with E-state index in [4.69, 9.17) is 11.6 Å². The Morgan fingerprint density at radius 2 is 1.72 bits per heavy atom. The summed E-state index contributed by atoms with van der Waals surface area (Å²) in [4.78, 5) is 21.2. The molecule has 3 rings (SSSR count). The lowest BCUT2D eigenvalue weighted by Crippen LogP contribution is -2.19. The number of amides is 1. The number of hydrogen-bond donors (Lipinski definition) is 1. The molecule has 7 heteroatoms. The Hall–Kier alpha value is -2.70. The number of halogens is 1. The van der Waals surface area contributed by atoms with Crippen LogP contribution in [-0.4, -0.2) is 21.6 Å². The monoisotopic (exact) mass is 424 g/mol. The van der Waals surface area contributed by atoms with E-state index < -0.39 is 0 Å². The Kier molecular flexibility index (Phi) is 7.01. The fourth-order valence-corrected chi connectivity index (χ4v) is 3.85. The lowest BCUT2D eigenvalue weighted by Gasteiger charge is -2.06. The third-order valence-corrected chi connectivity index (χ3v) is 5.38. The summed E-state index contributed by atoms with van der Waals surface area (Å²) in [6.07, 6.45) is 0. The van der Waals surface area contributed by atoms with Gasteiger partial charge in [-0.1, -0.05) is 53.7 Å². The van der Waals surface area contributed by atoms with Crippen molar-refractivity contribution < 1.29 is 4.79 Å². The summed E-state index contributed by atoms with van der Waals surface area (Å²) in [5, 5.41) is 5.51. The number of carbonyl (C=O) groups is 1. The highest BCUT2D eigenvalue weighted by Crippen LogP contribution is 2.20. The van der Waals surface area contributed by atoms with Gasteiger partial charge in [0.05, 0.1) is 5.71 Å². The van der Waals surface area contributed by atoms with Crippen molar-refractivity contribution in [3.63, 3.8) is 0 Å². The number of hydrazone groups is 1. The molecule has 5 nitrogen and oxygen atoms in total. The lowest BCUT2D eigenvalue weighted by atomic mass is 10.1. The van der Waals surface area contributed by atoms with Crippen LogP contribution >= 0.6 is 23.4 Å². The molecule has 29 heavy (non-hydrogen) atoms. The molecule has 1 aromatic heterocycles. The van der Waals surface area contributed by atoms with Gasteiger partial charge in [-0.2, -0.15) is 5.10 Å². The largest absolute Gasteiger partial charge is 0.271 e. The Labute approximate surface area is 179 Å². The summed E-state index contributed by atoms with van der Waals surface area (Å²) in [6.45, 7) is 5.72. The van der Waals surface area contributed by atoms with Crippen molar-refractivity contribution in [3.05, 3.63) is 87.7 Å². The van der Waals surface area contributed by atoms with Crippen LogP contribution in [0, 0.1) is 13.8 Å². The number of nitrogens with one attached hydrogen (secondary N) is 1. The van der Waals surface area contributed by atoms with Gasteiger partial charge < -0.3 is 0 Å². The summed E-state index contributed by atoms with van der Waals surface area (Å²) in [5.74, 6) is 0.461. The highest BCUT2D eigenvalue weighted by molar-refractivity contribution is 7.98. The van der Waals surface area contributed by atoms with Crippen LogP contribution in [0.2, 0.25) is 5.02 Å². The van der Waals surface area contributed by atoms with Gasteiger partial charge in [0.1, 0.15) is 0 Å². The minimum Gasteiger partial charge on any atom is -0.267 e. The molecule has 0 saturated heterocycles. The number of carbonyl (C=O) groups excluding carboxylic acids is 1. The van der Waals surface area contributed by atoms with E-state index in [1.807, 2.05) is 50.2 Å². The summed E-state index contributed by atoms with van der Waals surface area (Å²) in [5.41, 5.74) is 7.55. The van der Waals surface area contributed by atoms with Crippen LogP contribution in [0.5, 0.6) is 0 Å². The van der Waals surface area contributed by atoms with Crippen molar-refractivity contribution in [2.24, 2.45) is 5.10 Å². The Morgan fingerprint density at radius 3 is 2.38 bits per heavy atom. The molecule has 0 aliphatic carbocycles. The van der Waals surface area contributed by atoms with Gasteiger partial charge >= 0.3 is 0 Å². The maximum atomic E-state index is 12.4. The van der Waals surface area contributed by atoms with Crippen molar-refractivity contribution in [1.29, 1.82) is 0 Å². The van der Waals surface area contributed by atoms with Crippen molar-refractivity contribution in [2.45, 2.75) is 31.7 Å². The number of nitrogens with zero attached hydrogens (tertiary/aromatic N) is 3. The SMILES string of the molecule is C/C(=N\NC(=O)c1ccc(CSc2nc(C)cc(C)n2)cc1)c1ccccc1Cl. The molecular formula is C22H21ClN4OS. The molecule has 0 aliphatic rings. The van der Waals surface area contributed by atoms with E-state index in [-0.39, 0.29) is 5.91 Å². The van der Waals surface area contributed by atoms with E-state index in [0.29, 0.717) is 16.3 Å². The lowest BCUT2D eigenvalue weighted by molar-refractivity contribution is 0.0955. The first-order chi connectivity index (χ1) is 13.9. The minimum absolute atomic E-state index is 0.270. The van der Waals surface area contributed by atoms with Crippen molar-refractivity contribution in [1.82, 2.24) is 15.4 Å². The number of aromatic nitrogens is 2.